The fourth-order valence-corrected chi connectivity index (χ4v) is 4.04. The normalized spacial score (nSPS) is 10.8. The van der Waals surface area contributed by atoms with Crippen molar-refractivity contribution in [2.24, 2.45) is 0 Å². The maximum atomic E-state index is 13.8. The van der Waals surface area contributed by atoms with Crippen molar-refractivity contribution in [3.63, 3.8) is 0 Å². The molecule has 1 aromatic heterocycles. The van der Waals surface area contributed by atoms with Gasteiger partial charge in [0.25, 0.3) is 0 Å². The van der Waals surface area contributed by atoms with E-state index in [0.29, 0.717) is 40.7 Å². The molecule has 0 unspecified atom stereocenters. The molecule has 3 aromatic carbocycles. The third-order valence-corrected chi connectivity index (χ3v) is 5.84. The van der Waals surface area contributed by atoms with Gasteiger partial charge >= 0.3 is 0 Å². The molecule has 1 heterocycles. The van der Waals surface area contributed by atoms with Crippen LogP contribution in [0.5, 0.6) is 17.2 Å². The summed E-state index contributed by atoms with van der Waals surface area (Å²) in [7, 11) is 0. The van der Waals surface area contributed by atoms with Gasteiger partial charge in [0.15, 0.2) is 22.5 Å². The monoisotopic (exact) mass is 499 g/mol. The van der Waals surface area contributed by atoms with Crippen LogP contribution in [0.15, 0.2) is 78.0 Å². The second kappa shape index (κ2) is 11.8. The molecule has 0 spiro atoms. The Balaban J connectivity index is 1.45. The van der Waals surface area contributed by atoms with Crippen LogP contribution >= 0.6 is 23.4 Å². The summed E-state index contributed by atoms with van der Waals surface area (Å²) in [5.41, 5.74) is 0.859. The van der Waals surface area contributed by atoms with Crippen LogP contribution in [0.4, 0.5) is 4.39 Å². The minimum atomic E-state index is -0.384. The summed E-state index contributed by atoms with van der Waals surface area (Å²) in [6.07, 6.45) is 0. The van der Waals surface area contributed by atoms with E-state index in [4.69, 9.17) is 25.8 Å². The molecular formula is C25H23ClFN3O3S. The summed E-state index contributed by atoms with van der Waals surface area (Å²) in [6.45, 7) is 3.08. The summed E-state index contributed by atoms with van der Waals surface area (Å²) in [6, 6.07) is 21.2. The molecule has 0 saturated carbocycles. The number of hydrogen-bond donors (Lipinski definition) is 0. The third-order valence-electron chi connectivity index (χ3n) is 4.70. The van der Waals surface area contributed by atoms with Crippen molar-refractivity contribution >= 4 is 23.4 Å². The minimum Gasteiger partial charge on any atom is -0.494 e. The molecule has 0 saturated heterocycles. The number of para-hydroxylation sites is 1. The molecule has 0 radical (unpaired) electrons. The number of halogens is 2. The van der Waals surface area contributed by atoms with Crippen molar-refractivity contribution in [1.82, 2.24) is 14.8 Å². The zero-order valence-electron chi connectivity index (χ0n) is 18.5. The first-order valence-corrected chi connectivity index (χ1v) is 12.1. The smallest absolute Gasteiger partial charge is 0.196 e. The van der Waals surface area contributed by atoms with Gasteiger partial charge in [-0.25, -0.2) is 4.39 Å². The van der Waals surface area contributed by atoms with Gasteiger partial charge in [-0.1, -0.05) is 35.5 Å². The molecule has 6 nitrogen and oxygen atoms in total. The first-order valence-electron chi connectivity index (χ1n) is 10.7. The van der Waals surface area contributed by atoms with Crippen LogP contribution in [0.3, 0.4) is 0 Å². The molecule has 176 valence electrons. The quantitative estimate of drug-likeness (QED) is 0.181. The molecule has 4 rings (SSSR count). The molecular weight excluding hydrogens is 477 g/mol. The first-order chi connectivity index (χ1) is 16.6. The number of rotatable bonds is 11. The van der Waals surface area contributed by atoms with Crippen molar-refractivity contribution in [1.29, 1.82) is 0 Å². The summed E-state index contributed by atoms with van der Waals surface area (Å²) in [4.78, 5) is 0. The lowest BCUT2D eigenvalue weighted by Gasteiger charge is -2.12. The number of ether oxygens (including phenoxy) is 3. The van der Waals surface area contributed by atoms with Crippen molar-refractivity contribution in [2.75, 3.05) is 19.0 Å². The van der Waals surface area contributed by atoms with Gasteiger partial charge in [-0.3, -0.25) is 4.57 Å². The Morgan fingerprint density at radius 3 is 2.29 bits per heavy atom. The molecule has 4 aromatic rings. The van der Waals surface area contributed by atoms with Crippen molar-refractivity contribution in [3.8, 4) is 22.9 Å². The molecule has 0 aliphatic heterocycles. The van der Waals surface area contributed by atoms with E-state index in [0.717, 1.165) is 11.4 Å². The van der Waals surface area contributed by atoms with Crippen LogP contribution in [0.1, 0.15) is 12.7 Å². The lowest BCUT2D eigenvalue weighted by Crippen LogP contribution is -2.07. The van der Waals surface area contributed by atoms with Crippen LogP contribution in [0.2, 0.25) is 5.02 Å². The Kier molecular flexibility index (Phi) is 8.27. The molecule has 0 N–H and O–H groups in total. The van der Waals surface area contributed by atoms with Gasteiger partial charge in [0.2, 0.25) is 0 Å². The average molecular weight is 500 g/mol. The van der Waals surface area contributed by atoms with E-state index in [-0.39, 0.29) is 18.2 Å². The van der Waals surface area contributed by atoms with E-state index >= 15 is 0 Å². The fraction of sp³-hybridized carbons (Fsp3) is 0.200. The Hall–Kier alpha value is -3.23. The molecule has 0 aliphatic carbocycles. The fourth-order valence-electron chi connectivity index (χ4n) is 3.13. The van der Waals surface area contributed by atoms with Gasteiger partial charge in [0, 0.05) is 16.5 Å². The van der Waals surface area contributed by atoms with Crippen LogP contribution in [0.25, 0.3) is 5.69 Å². The van der Waals surface area contributed by atoms with Crippen LogP contribution in [-0.4, -0.2) is 33.7 Å². The predicted octanol–water partition coefficient (Wildman–Crippen LogP) is 6.21. The highest BCUT2D eigenvalue weighted by Gasteiger charge is 2.16. The highest BCUT2D eigenvalue weighted by Crippen LogP contribution is 2.25. The maximum Gasteiger partial charge on any atom is 0.196 e. The van der Waals surface area contributed by atoms with Crippen molar-refractivity contribution in [3.05, 3.63) is 89.5 Å². The number of hydrogen-bond acceptors (Lipinski definition) is 6. The van der Waals surface area contributed by atoms with E-state index < -0.39 is 0 Å². The lowest BCUT2D eigenvalue weighted by atomic mass is 10.3. The van der Waals surface area contributed by atoms with Gasteiger partial charge in [-0.15, -0.1) is 10.2 Å². The molecule has 0 atom stereocenters. The Bertz CT molecular complexity index is 1200. The maximum absolute atomic E-state index is 13.8. The number of nitrogens with zero attached hydrogens (tertiary/aromatic N) is 3. The molecule has 0 bridgehead atoms. The summed E-state index contributed by atoms with van der Waals surface area (Å²) >= 11 is 7.53. The van der Waals surface area contributed by atoms with Gasteiger partial charge in [0.05, 0.1) is 13.2 Å². The standard InChI is InChI=1S/C25H23ClFN3O3S/c1-2-31-20-11-13-21(14-12-20)33-17-24-28-29-25(30(24)19-9-7-18(26)8-10-19)34-16-15-32-23-6-4-3-5-22(23)27/h3-14H,2,15-17H2,1H3. The van der Waals surface area contributed by atoms with E-state index in [1.165, 1.54) is 17.8 Å². The highest BCUT2D eigenvalue weighted by molar-refractivity contribution is 7.99. The second-order valence-corrected chi connectivity index (χ2v) is 8.53. The molecule has 0 fully saturated rings. The SMILES string of the molecule is CCOc1ccc(OCc2nnc(SCCOc3ccccc3F)n2-c2ccc(Cl)cc2)cc1. The van der Waals surface area contributed by atoms with E-state index in [1.807, 2.05) is 60.0 Å². The minimum absolute atomic E-state index is 0.218. The predicted molar refractivity (Wildman–Crippen MR) is 131 cm³/mol. The molecule has 0 amide bonds. The number of aromatic nitrogens is 3. The Morgan fingerprint density at radius 1 is 0.882 bits per heavy atom. The van der Waals surface area contributed by atoms with E-state index in [2.05, 4.69) is 10.2 Å². The summed E-state index contributed by atoms with van der Waals surface area (Å²) < 4.78 is 32.6. The van der Waals surface area contributed by atoms with E-state index in [1.54, 1.807) is 18.2 Å². The van der Waals surface area contributed by atoms with Crippen LogP contribution < -0.4 is 14.2 Å². The first kappa shape index (κ1) is 23.9. The number of benzene rings is 3. The van der Waals surface area contributed by atoms with Crippen LogP contribution in [0, 0.1) is 5.82 Å². The molecule has 0 aliphatic rings. The van der Waals surface area contributed by atoms with Gasteiger partial charge in [-0.2, -0.15) is 0 Å². The van der Waals surface area contributed by atoms with Gasteiger partial charge in [-0.05, 0) is 67.6 Å². The Morgan fingerprint density at radius 2 is 1.59 bits per heavy atom. The average Bonchev–Trinajstić information content (AvgIpc) is 3.26. The van der Waals surface area contributed by atoms with Gasteiger partial charge in [0.1, 0.15) is 18.1 Å². The lowest BCUT2D eigenvalue weighted by molar-refractivity contribution is 0.291. The molecule has 34 heavy (non-hydrogen) atoms. The summed E-state index contributed by atoms with van der Waals surface area (Å²) in [5.74, 6) is 2.52. The van der Waals surface area contributed by atoms with Gasteiger partial charge < -0.3 is 14.2 Å². The zero-order valence-corrected chi connectivity index (χ0v) is 20.1. The highest BCUT2D eigenvalue weighted by atomic mass is 35.5. The van der Waals surface area contributed by atoms with Crippen molar-refractivity contribution < 1.29 is 18.6 Å². The zero-order chi connectivity index (χ0) is 23.8. The summed E-state index contributed by atoms with van der Waals surface area (Å²) in [5, 5.41) is 9.98. The topological polar surface area (TPSA) is 58.4 Å². The van der Waals surface area contributed by atoms with Crippen molar-refractivity contribution in [2.45, 2.75) is 18.7 Å². The second-order valence-electron chi connectivity index (χ2n) is 7.03. The Labute approximate surface area is 206 Å². The number of thioether (sulfide) groups is 1. The van der Waals surface area contributed by atoms with E-state index in [9.17, 15) is 4.39 Å². The largest absolute Gasteiger partial charge is 0.494 e. The van der Waals surface area contributed by atoms with Crippen LogP contribution in [-0.2, 0) is 6.61 Å². The molecule has 9 heteroatoms. The third kappa shape index (κ3) is 6.21.